The molecule has 1 N–H and O–H groups in total. The van der Waals surface area contributed by atoms with E-state index in [4.69, 9.17) is 0 Å². The van der Waals surface area contributed by atoms with Gasteiger partial charge in [-0.2, -0.15) is 0 Å². The van der Waals surface area contributed by atoms with Crippen molar-refractivity contribution in [3.05, 3.63) is 66.6 Å². The number of hydrogen-bond donors (Lipinski definition) is 1. The first kappa shape index (κ1) is 15.8. The first-order valence-corrected chi connectivity index (χ1v) is 7.86. The number of nitrogens with one attached hydrogen (secondary N) is 1. The first-order valence-electron chi connectivity index (χ1n) is 7.86. The minimum absolute atomic E-state index is 0.149. The number of benzene rings is 2. The summed E-state index contributed by atoms with van der Waals surface area (Å²) in [4.78, 5) is 16.6. The van der Waals surface area contributed by atoms with Crippen molar-refractivity contribution in [2.24, 2.45) is 0 Å². The zero-order valence-electron chi connectivity index (χ0n) is 13.5. The minimum atomic E-state index is -0.456. The monoisotopic (exact) mass is 348 g/mol. The second-order valence-corrected chi connectivity index (χ2v) is 5.60. The molecule has 0 bridgehead atoms. The Balaban J connectivity index is 1.54. The molecule has 0 aliphatic rings. The van der Waals surface area contributed by atoms with E-state index < -0.39 is 5.82 Å². The molecular weight excluding hydrogens is 335 g/mol. The summed E-state index contributed by atoms with van der Waals surface area (Å²) in [5, 5.41) is 14.8. The van der Waals surface area contributed by atoms with Crippen molar-refractivity contribution in [3.63, 3.8) is 0 Å². The summed E-state index contributed by atoms with van der Waals surface area (Å²) in [6, 6.07) is 15.6. The maximum Gasteiger partial charge on any atom is 0.246 e. The average molecular weight is 348 g/mol. The standard InChI is InChI=1S/C18H13FN6O/c19-15-7-3-2-6-14(15)18-22-23-24-25(18)11-17(26)21-13-9-12-5-1-4-8-16(12)20-10-13/h1-10H,11H2,(H,21,26). The highest BCUT2D eigenvalue weighted by Gasteiger charge is 2.15. The fraction of sp³-hybridized carbons (Fsp3) is 0.0556. The van der Waals surface area contributed by atoms with E-state index in [-0.39, 0.29) is 23.8 Å². The van der Waals surface area contributed by atoms with Gasteiger partial charge in [0.15, 0.2) is 5.82 Å². The second kappa shape index (κ2) is 6.67. The molecule has 0 fully saturated rings. The van der Waals surface area contributed by atoms with Gasteiger partial charge in [0.25, 0.3) is 0 Å². The summed E-state index contributed by atoms with van der Waals surface area (Å²) in [5.74, 6) is -0.607. The van der Waals surface area contributed by atoms with Crippen LogP contribution in [0.3, 0.4) is 0 Å². The molecule has 1 amide bonds. The van der Waals surface area contributed by atoms with Crippen molar-refractivity contribution < 1.29 is 9.18 Å². The van der Waals surface area contributed by atoms with Gasteiger partial charge in [-0.25, -0.2) is 9.07 Å². The van der Waals surface area contributed by atoms with E-state index in [1.807, 2.05) is 30.3 Å². The van der Waals surface area contributed by atoms with E-state index in [1.165, 1.54) is 10.7 Å². The van der Waals surface area contributed by atoms with E-state index in [2.05, 4.69) is 25.8 Å². The van der Waals surface area contributed by atoms with Crippen LogP contribution in [0.25, 0.3) is 22.3 Å². The maximum absolute atomic E-state index is 13.9. The fourth-order valence-electron chi connectivity index (χ4n) is 2.62. The Morgan fingerprint density at radius 3 is 2.81 bits per heavy atom. The van der Waals surface area contributed by atoms with Gasteiger partial charge in [0.2, 0.25) is 5.91 Å². The molecule has 8 heteroatoms. The Morgan fingerprint density at radius 1 is 1.12 bits per heavy atom. The smallest absolute Gasteiger partial charge is 0.246 e. The Kier molecular flexibility index (Phi) is 4.06. The molecule has 0 atom stereocenters. The van der Waals surface area contributed by atoms with Crippen LogP contribution in [0, 0.1) is 5.82 Å². The van der Waals surface area contributed by atoms with E-state index in [0.29, 0.717) is 5.69 Å². The number of rotatable bonds is 4. The van der Waals surface area contributed by atoms with Crippen molar-refractivity contribution in [3.8, 4) is 11.4 Å². The van der Waals surface area contributed by atoms with Crippen LogP contribution in [0.5, 0.6) is 0 Å². The number of hydrogen-bond acceptors (Lipinski definition) is 5. The van der Waals surface area contributed by atoms with Gasteiger partial charge in [-0.15, -0.1) is 5.10 Å². The average Bonchev–Trinajstić information content (AvgIpc) is 3.09. The molecule has 4 rings (SSSR count). The summed E-state index contributed by atoms with van der Waals surface area (Å²) in [6.07, 6.45) is 1.58. The van der Waals surface area contributed by atoms with Crippen molar-refractivity contribution in [1.82, 2.24) is 25.2 Å². The number of carbonyl (C=O) groups is 1. The van der Waals surface area contributed by atoms with Crippen LogP contribution in [0.1, 0.15) is 0 Å². The van der Waals surface area contributed by atoms with Crippen molar-refractivity contribution in [2.45, 2.75) is 6.54 Å². The molecule has 0 radical (unpaired) electrons. The predicted octanol–water partition coefficient (Wildman–Crippen LogP) is 2.67. The normalized spacial score (nSPS) is 10.8. The largest absolute Gasteiger partial charge is 0.323 e. The predicted molar refractivity (Wildman–Crippen MR) is 93.6 cm³/mol. The summed E-state index contributed by atoms with van der Waals surface area (Å²) < 4.78 is 15.2. The molecule has 0 saturated heterocycles. The first-order chi connectivity index (χ1) is 12.7. The lowest BCUT2D eigenvalue weighted by Crippen LogP contribution is -2.20. The molecule has 128 valence electrons. The van der Waals surface area contributed by atoms with Crippen LogP contribution in [0.15, 0.2) is 60.8 Å². The topological polar surface area (TPSA) is 85.6 Å². The zero-order chi connectivity index (χ0) is 17.9. The van der Waals surface area contributed by atoms with Gasteiger partial charge < -0.3 is 5.32 Å². The number of aromatic nitrogens is 5. The van der Waals surface area contributed by atoms with Crippen LogP contribution >= 0.6 is 0 Å². The van der Waals surface area contributed by atoms with Gasteiger partial charge in [0, 0.05) is 5.39 Å². The molecule has 0 unspecified atom stereocenters. The highest BCUT2D eigenvalue weighted by atomic mass is 19.1. The highest BCUT2D eigenvalue weighted by Crippen LogP contribution is 2.20. The Hall–Kier alpha value is -3.68. The van der Waals surface area contributed by atoms with Gasteiger partial charge >= 0.3 is 0 Å². The summed E-state index contributed by atoms with van der Waals surface area (Å²) >= 11 is 0. The number of halogens is 1. The molecule has 2 aromatic heterocycles. The molecule has 0 aliphatic carbocycles. The summed E-state index contributed by atoms with van der Waals surface area (Å²) in [7, 11) is 0. The lowest BCUT2D eigenvalue weighted by atomic mass is 10.2. The van der Waals surface area contributed by atoms with Gasteiger partial charge in [0.1, 0.15) is 12.4 Å². The third-order valence-electron chi connectivity index (χ3n) is 3.81. The molecule has 2 heterocycles. The number of tetrazole rings is 1. The van der Waals surface area contributed by atoms with Crippen molar-refractivity contribution in [1.29, 1.82) is 0 Å². The number of nitrogens with zero attached hydrogens (tertiary/aromatic N) is 5. The number of para-hydroxylation sites is 1. The Bertz CT molecular complexity index is 1090. The minimum Gasteiger partial charge on any atom is -0.323 e. The van der Waals surface area contributed by atoms with Crippen LogP contribution < -0.4 is 5.32 Å². The highest BCUT2D eigenvalue weighted by molar-refractivity contribution is 5.93. The van der Waals surface area contributed by atoms with E-state index in [0.717, 1.165) is 10.9 Å². The second-order valence-electron chi connectivity index (χ2n) is 5.60. The van der Waals surface area contributed by atoms with Crippen LogP contribution in [0.4, 0.5) is 10.1 Å². The summed E-state index contributed by atoms with van der Waals surface area (Å²) in [5.41, 5.74) is 1.64. The Morgan fingerprint density at radius 2 is 1.92 bits per heavy atom. The Labute approximate surface area is 147 Å². The van der Waals surface area contributed by atoms with Crippen molar-refractivity contribution in [2.75, 3.05) is 5.32 Å². The third kappa shape index (κ3) is 3.12. The fourth-order valence-corrected chi connectivity index (χ4v) is 2.62. The number of carbonyl (C=O) groups excluding carboxylic acids is 1. The SMILES string of the molecule is O=C(Cn1nnnc1-c1ccccc1F)Nc1cnc2ccccc2c1. The third-order valence-corrected chi connectivity index (χ3v) is 3.81. The molecule has 0 aliphatic heterocycles. The number of anilines is 1. The lowest BCUT2D eigenvalue weighted by Gasteiger charge is -2.08. The van der Waals surface area contributed by atoms with Crippen LogP contribution in [-0.4, -0.2) is 31.1 Å². The zero-order valence-corrected chi connectivity index (χ0v) is 13.5. The van der Waals surface area contributed by atoms with Gasteiger partial charge in [-0.3, -0.25) is 9.78 Å². The maximum atomic E-state index is 13.9. The van der Waals surface area contributed by atoms with Gasteiger partial charge in [-0.05, 0) is 34.7 Å². The summed E-state index contributed by atoms with van der Waals surface area (Å²) in [6.45, 7) is -0.149. The van der Waals surface area contributed by atoms with E-state index in [9.17, 15) is 9.18 Å². The molecular formula is C18H13FN6O. The molecule has 4 aromatic rings. The number of amides is 1. The molecule has 26 heavy (non-hydrogen) atoms. The van der Waals surface area contributed by atoms with Gasteiger partial charge in [0.05, 0.1) is 23.0 Å². The molecule has 0 saturated carbocycles. The van der Waals surface area contributed by atoms with Crippen molar-refractivity contribution >= 4 is 22.5 Å². The van der Waals surface area contributed by atoms with Crippen LogP contribution in [-0.2, 0) is 11.3 Å². The van der Waals surface area contributed by atoms with E-state index >= 15 is 0 Å². The van der Waals surface area contributed by atoms with E-state index in [1.54, 1.807) is 24.4 Å². The molecule has 2 aromatic carbocycles. The quantitative estimate of drug-likeness (QED) is 0.613. The van der Waals surface area contributed by atoms with Gasteiger partial charge in [-0.1, -0.05) is 30.3 Å². The lowest BCUT2D eigenvalue weighted by molar-refractivity contribution is -0.116. The molecule has 0 spiro atoms. The molecule has 7 nitrogen and oxygen atoms in total. The number of fused-ring (bicyclic) bond motifs is 1. The van der Waals surface area contributed by atoms with Crippen LogP contribution in [0.2, 0.25) is 0 Å². The number of pyridine rings is 1.